The van der Waals surface area contributed by atoms with Gasteiger partial charge in [0.2, 0.25) is 0 Å². The lowest BCUT2D eigenvalue weighted by Gasteiger charge is -2.32. The smallest absolute Gasteiger partial charge is 0.282 e. The molecule has 0 bridgehead atoms. The molecule has 140 valence electrons. The molecule has 2 aliphatic heterocycles. The summed E-state index contributed by atoms with van der Waals surface area (Å²) < 4.78 is 0. The number of anilines is 1. The quantitative estimate of drug-likeness (QED) is 0.650. The first-order valence-electron chi connectivity index (χ1n) is 8.84. The van der Waals surface area contributed by atoms with Crippen LogP contribution in [0.4, 0.5) is 5.69 Å². The van der Waals surface area contributed by atoms with Crippen molar-refractivity contribution in [2.75, 3.05) is 18.0 Å². The molecular formula is C20H18Cl2N2O2S. The van der Waals surface area contributed by atoms with Crippen LogP contribution < -0.4 is 4.90 Å². The molecule has 4 nitrogen and oxygen atoms in total. The molecule has 0 radical (unpaired) electrons. The van der Waals surface area contributed by atoms with Crippen molar-refractivity contribution < 1.29 is 9.59 Å². The first kappa shape index (κ1) is 18.5. The van der Waals surface area contributed by atoms with Gasteiger partial charge < -0.3 is 4.90 Å². The van der Waals surface area contributed by atoms with E-state index in [4.69, 9.17) is 23.2 Å². The Labute approximate surface area is 172 Å². The number of imide groups is 1. The monoisotopic (exact) mass is 420 g/mol. The number of carbonyl (C=O) groups is 2. The van der Waals surface area contributed by atoms with Crippen molar-refractivity contribution >= 4 is 57.6 Å². The summed E-state index contributed by atoms with van der Waals surface area (Å²) in [6.07, 6.45) is 2.02. The van der Waals surface area contributed by atoms with Crippen LogP contribution in [0, 0.1) is 5.92 Å². The minimum Gasteiger partial charge on any atom is -0.366 e. The molecular weight excluding hydrogens is 403 g/mol. The van der Waals surface area contributed by atoms with Gasteiger partial charge in [0.05, 0.1) is 21.3 Å². The topological polar surface area (TPSA) is 40.6 Å². The first-order valence-corrected chi connectivity index (χ1v) is 10.5. The average Bonchev–Trinajstić information content (AvgIpc) is 3.25. The predicted molar refractivity (Wildman–Crippen MR) is 110 cm³/mol. The number of thiophene rings is 1. The van der Waals surface area contributed by atoms with Crippen LogP contribution in [0.3, 0.4) is 0 Å². The first-order chi connectivity index (χ1) is 13.0. The van der Waals surface area contributed by atoms with E-state index in [1.54, 1.807) is 18.2 Å². The van der Waals surface area contributed by atoms with Crippen molar-refractivity contribution in [3.8, 4) is 0 Å². The minimum atomic E-state index is -0.311. The van der Waals surface area contributed by atoms with Gasteiger partial charge in [-0.05, 0) is 48.4 Å². The van der Waals surface area contributed by atoms with E-state index in [0.717, 1.165) is 30.8 Å². The second kappa shape index (κ2) is 7.30. The molecule has 0 aliphatic carbocycles. The molecule has 0 atom stereocenters. The fraction of sp³-hybridized carbons (Fsp3) is 0.300. The van der Waals surface area contributed by atoms with Gasteiger partial charge >= 0.3 is 0 Å². The van der Waals surface area contributed by atoms with E-state index >= 15 is 0 Å². The molecule has 3 heterocycles. The number of piperidine rings is 1. The van der Waals surface area contributed by atoms with Gasteiger partial charge in [0, 0.05) is 18.0 Å². The van der Waals surface area contributed by atoms with Gasteiger partial charge in [-0.1, -0.05) is 36.2 Å². The number of benzene rings is 1. The molecule has 0 saturated carbocycles. The van der Waals surface area contributed by atoms with Crippen molar-refractivity contribution in [1.82, 2.24) is 4.90 Å². The third-order valence-electron chi connectivity index (χ3n) is 5.09. The summed E-state index contributed by atoms with van der Waals surface area (Å²) in [6.45, 7) is 3.77. The summed E-state index contributed by atoms with van der Waals surface area (Å²) in [5, 5.41) is 2.61. The van der Waals surface area contributed by atoms with Gasteiger partial charge in [0.25, 0.3) is 11.8 Å². The van der Waals surface area contributed by atoms with Crippen LogP contribution in [0.2, 0.25) is 10.0 Å². The molecule has 27 heavy (non-hydrogen) atoms. The summed E-state index contributed by atoms with van der Waals surface area (Å²) in [4.78, 5) is 30.7. The van der Waals surface area contributed by atoms with Gasteiger partial charge in [0.15, 0.2) is 0 Å². The largest absolute Gasteiger partial charge is 0.366 e. The van der Waals surface area contributed by atoms with Gasteiger partial charge in [-0.25, -0.2) is 4.90 Å². The fourth-order valence-corrected chi connectivity index (χ4v) is 4.60. The van der Waals surface area contributed by atoms with Crippen LogP contribution >= 0.6 is 34.5 Å². The number of hydrogen-bond donors (Lipinski definition) is 0. The molecule has 7 heteroatoms. The standard InChI is InChI=1S/C20H18Cl2N2O2S/c1-12-6-8-23(9-7-12)18-17(16-3-2-10-27-16)19(25)24(20(18)26)13-4-5-14(21)15(22)11-13/h2-5,10-12H,6-9H2,1H3. The Bertz CT molecular complexity index is 931. The van der Waals surface area contributed by atoms with Crippen LogP contribution in [0.5, 0.6) is 0 Å². The zero-order chi connectivity index (χ0) is 19.1. The van der Waals surface area contributed by atoms with E-state index in [0.29, 0.717) is 32.9 Å². The maximum atomic E-state index is 13.3. The molecule has 1 aromatic carbocycles. The van der Waals surface area contributed by atoms with E-state index in [1.807, 2.05) is 17.5 Å². The van der Waals surface area contributed by atoms with Crippen molar-refractivity contribution in [2.45, 2.75) is 19.8 Å². The summed E-state index contributed by atoms with van der Waals surface area (Å²) in [7, 11) is 0. The number of carbonyl (C=O) groups excluding carboxylic acids is 2. The van der Waals surface area contributed by atoms with Gasteiger partial charge in [-0.15, -0.1) is 11.3 Å². The van der Waals surface area contributed by atoms with E-state index in [-0.39, 0.29) is 11.8 Å². The lowest BCUT2D eigenvalue weighted by atomic mass is 9.98. The van der Waals surface area contributed by atoms with Gasteiger partial charge in [0.1, 0.15) is 5.70 Å². The Morgan fingerprint density at radius 3 is 2.41 bits per heavy atom. The van der Waals surface area contributed by atoms with Crippen LogP contribution in [-0.2, 0) is 9.59 Å². The molecule has 2 aliphatic rings. The Morgan fingerprint density at radius 1 is 1.04 bits per heavy atom. The number of halogens is 2. The maximum Gasteiger partial charge on any atom is 0.282 e. The molecule has 0 unspecified atom stereocenters. The van der Waals surface area contributed by atoms with Crippen LogP contribution in [-0.4, -0.2) is 29.8 Å². The highest BCUT2D eigenvalue weighted by molar-refractivity contribution is 7.11. The molecule has 2 aromatic rings. The number of nitrogens with zero attached hydrogens (tertiary/aromatic N) is 2. The predicted octanol–water partition coefficient (Wildman–Crippen LogP) is 5.07. The van der Waals surface area contributed by atoms with Crippen LogP contribution in [0.1, 0.15) is 24.6 Å². The minimum absolute atomic E-state index is 0.295. The number of hydrogen-bond acceptors (Lipinski definition) is 4. The molecule has 0 spiro atoms. The van der Waals surface area contributed by atoms with Crippen molar-refractivity contribution in [1.29, 1.82) is 0 Å². The number of amides is 2. The van der Waals surface area contributed by atoms with E-state index in [1.165, 1.54) is 16.2 Å². The number of rotatable bonds is 3. The second-order valence-corrected chi connectivity index (χ2v) is 8.68. The third-order valence-corrected chi connectivity index (χ3v) is 6.71. The van der Waals surface area contributed by atoms with E-state index in [9.17, 15) is 9.59 Å². The Balaban J connectivity index is 1.78. The summed E-state index contributed by atoms with van der Waals surface area (Å²) in [6, 6.07) is 8.59. The molecule has 1 aromatic heterocycles. The molecule has 1 fully saturated rings. The Kier molecular flexibility index (Phi) is 5.01. The average molecular weight is 421 g/mol. The molecule has 2 amide bonds. The van der Waals surface area contributed by atoms with Crippen LogP contribution in [0.25, 0.3) is 5.57 Å². The zero-order valence-electron chi connectivity index (χ0n) is 14.7. The zero-order valence-corrected chi connectivity index (χ0v) is 17.1. The maximum absolute atomic E-state index is 13.3. The van der Waals surface area contributed by atoms with Gasteiger partial charge in [-0.3, -0.25) is 9.59 Å². The molecule has 1 saturated heterocycles. The van der Waals surface area contributed by atoms with Crippen LogP contribution in [0.15, 0.2) is 41.4 Å². The highest BCUT2D eigenvalue weighted by atomic mass is 35.5. The van der Waals surface area contributed by atoms with E-state index in [2.05, 4.69) is 11.8 Å². The highest BCUT2D eigenvalue weighted by Gasteiger charge is 2.43. The lowest BCUT2D eigenvalue weighted by Crippen LogP contribution is -2.38. The highest BCUT2D eigenvalue weighted by Crippen LogP contribution is 2.39. The van der Waals surface area contributed by atoms with Crippen molar-refractivity contribution in [3.05, 3.63) is 56.3 Å². The molecule has 4 rings (SSSR count). The normalized spacial score (nSPS) is 18.8. The third kappa shape index (κ3) is 3.28. The van der Waals surface area contributed by atoms with Crippen molar-refractivity contribution in [2.24, 2.45) is 5.92 Å². The summed E-state index contributed by atoms with van der Waals surface area (Å²) in [5.74, 6) is 0.0243. The summed E-state index contributed by atoms with van der Waals surface area (Å²) >= 11 is 13.6. The second-order valence-electron chi connectivity index (χ2n) is 6.91. The SMILES string of the molecule is CC1CCN(C2=C(c3cccs3)C(=O)N(c3ccc(Cl)c(Cl)c3)C2=O)CC1. The lowest BCUT2D eigenvalue weighted by molar-refractivity contribution is -0.120. The molecule has 0 N–H and O–H groups in total. The van der Waals surface area contributed by atoms with Crippen molar-refractivity contribution in [3.63, 3.8) is 0 Å². The van der Waals surface area contributed by atoms with Gasteiger partial charge in [-0.2, -0.15) is 0 Å². The fourth-order valence-electron chi connectivity index (χ4n) is 3.55. The summed E-state index contributed by atoms with van der Waals surface area (Å²) in [5.41, 5.74) is 1.42. The van der Waals surface area contributed by atoms with E-state index < -0.39 is 0 Å². The Hall–Kier alpha value is -1.82. The number of likely N-dealkylation sites (tertiary alicyclic amines) is 1. The Morgan fingerprint density at radius 2 is 1.78 bits per heavy atom.